The Balaban J connectivity index is 2.43. The van der Waals surface area contributed by atoms with E-state index in [4.69, 9.17) is 5.11 Å². The minimum atomic E-state index is -1.02. The van der Waals surface area contributed by atoms with Crippen LogP contribution in [0.1, 0.15) is 6.92 Å². The van der Waals surface area contributed by atoms with Gasteiger partial charge in [-0.05, 0) is 0 Å². The van der Waals surface area contributed by atoms with Crippen LogP contribution in [0.2, 0.25) is 0 Å². The number of carbonyl (C=O) groups excluding carboxylic acids is 3. The number of rotatable bonds is 5. The number of carbonyl (C=O) groups is 4. The Kier molecular flexibility index (Phi) is 4.24. The van der Waals surface area contributed by atoms with Crippen molar-refractivity contribution in [2.75, 3.05) is 26.7 Å². The summed E-state index contributed by atoms with van der Waals surface area (Å²) >= 11 is 0. The fourth-order valence-corrected chi connectivity index (χ4v) is 1.38. The molecule has 1 aliphatic heterocycles. The number of likely N-dealkylation sites (N-methyl/N-ethyl adjacent to an activating group) is 1. The molecule has 1 unspecified atom stereocenters. The molecule has 1 atom stereocenters. The van der Waals surface area contributed by atoms with Crippen LogP contribution in [0.5, 0.6) is 0 Å². The minimum absolute atomic E-state index is 0.0414. The van der Waals surface area contributed by atoms with Gasteiger partial charge in [0.1, 0.15) is 13.1 Å². The van der Waals surface area contributed by atoms with Crippen LogP contribution >= 0.6 is 0 Å². The highest BCUT2D eigenvalue weighted by Crippen LogP contribution is 2.06. The molecule has 0 spiro atoms. The fourth-order valence-electron chi connectivity index (χ4n) is 1.38. The van der Waals surface area contributed by atoms with Gasteiger partial charge < -0.3 is 15.3 Å². The molecule has 0 bridgehead atoms. The van der Waals surface area contributed by atoms with E-state index in [1.165, 1.54) is 18.9 Å². The van der Waals surface area contributed by atoms with Crippen molar-refractivity contribution >= 4 is 23.8 Å². The zero-order valence-electron chi connectivity index (χ0n) is 10.2. The van der Waals surface area contributed by atoms with Gasteiger partial charge in [0.2, 0.25) is 5.91 Å². The van der Waals surface area contributed by atoms with E-state index in [-0.39, 0.29) is 19.6 Å². The summed E-state index contributed by atoms with van der Waals surface area (Å²) in [5.41, 5.74) is 0. The largest absolute Gasteiger partial charge is 0.481 e. The SMILES string of the molecule is CC(CNC(=O)CN1C(=O)CN(C)C1=O)C(=O)O. The molecule has 1 fully saturated rings. The molecule has 0 aliphatic carbocycles. The van der Waals surface area contributed by atoms with Crippen molar-refractivity contribution in [1.29, 1.82) is 0 Å². The maximum Gasteiger partial charge on any atom is 0.327 e. The number of nitrogens with zero attached hydrogens (tertiary/aromatic N) is 2. The number of carboxylic acid groups (broad SMARTS) is 1. The average Bonchev–Trinajstić information content (AvgIpc) is 2.52. The molecule has 1 saturated heterocycles. The van der Waals surface area contributed by atoms with E-state index in [9.17, 15) is 19.2 Å². The van der Waals surface area contributed by atoms with E-state index in [2.05, 4.69) is 5.32 Å². The Hall–Kier alpha value is -2.12. The highest BCUT2D eigenvalue weighted by Gasteiger charge is 2.34. The first-order valence-corrected chi connectivity index (χ1v) is 5.38. The molecule has 1 rings (SSSR count). The van der Waals surface area contributed by atoms with Crippen LogP contribution < -0.4 is 5.32 Å². The number of hydrogen-bond acceptors (Lipinski definition) is 4. The van der Waals surface area contributed by atoms with Crippen LogP contribution in [0.4, 0.5) is 4.79 Å². The second-order valence-corrected chi connectivity index (χ2v) is 4.16. The summed E-state index contributed by atoms with van der Waals surface area (Å²) in [5.74, 6) is -2.74. The summed E-state index contributed by atoms with van der Waals surface area (Å²) in [5, 5.41) is 11.0. The summed E-state index contributed by atoms with van der Waals surface area (Å²) in [6.45, 7) is 0.981. The topological polar surface area (TPSA) is 107 Å². The number of nitrogens with one attached hydrogen (secondary N) is 1. The van der Waals surface area contributed by atoms with Crippen LogP contribution in [-0.2, 0) is 14.4 Å². The van der Waals surface area contributed by atoms with Crippen molar-refractivity contribution in [3.05, 3.63) is 0 Å². The van der Waals surface area contributed by atoms with Crippen LogP contribution in [0.15, 0.2) is 0 Å². The number of carboxylic acids is 1. The Morgan fingerprint density at radius 1 is 1.44 bits per heavy atom. The third-order valence-corrected chi connectivity index (χ3v) is 2.56. The first-order chi connectivity index (χ1) is 8.32. The molecule has 0 aromatic rings. The zero-order chi connectivity index (χ0) is 13.9. The molecule has 0 radical (unpaired) electrons. The molecule has 4 amide bonds. The normalized spacial score (nSPS) is 17.0. The molecular weight excluding hydrogens is 242 g/mol. The predicted octanol–water partition coefficient (Wildman–Crippen LogP) is -1.28. The van der Waals surface area contributed by atoms with Crippen molar-refractivity contribution in [1.82, 2.24) is 15.1 Å². The molecule has 8 nitrogen and oxygen atoms in total. The van der Waals surface area contributed by atoms with E-state index in [1.54, 1.807) is 0 Å². The highest BCUT2D eigenvalue weighted by molar-refractivity contribution is 6.04. The molecule has 0 aromatic heterocycles. The number of hydrogen-bond donors (Lipinski definition) is 2. The Labute approximate surface area is 104 Å². The van der Waals surface area contributed by atoms with E-state index in [0.29, 0.717) is 0 Å². The number of urea groups is 1. The van der Waals surface area contributed by atoms with Gasteiger partial charge in [0.05, 0.1) is 5.92 Å². The molecule has 1 aliphatic rings. The quantitative estimate of drug-likeness (QED) is 0.596. The van der Waals surface area contributed by atoms with Crippen LogP contribution in [0.3, 0.4) is 0 Å². The summed E-state index contributed by atoms with van der Waals surface area (Å²) in [4.78, 5) is 46.8. The molecule has 8 heteroatoms. The van der Waals surface area contributed by atoms with E-state index in [1.807, 2.05) is 0 Å². The molecular formula is C10H15N3O5. The number of amides is 4. The van der Waals surface area contributed by atoms with Crippen LogP contribution in [0.25, 0.3) is 0 Å². The average molecular weight is 257 g/mol. The maximum absolute atomic E-state index is 11.5. The van der Waals surface area contributed by atoms with Crippen molar-refractivity contribution < 1.29 is 24.3 Å². The molecule has 100 valence electrons. The first-order valence-electron chi connectivity index (χ1n) is 5.38. The molecule has 0 saturated carbocycles. The monoisotopic (exact) mass is 257 g/mol. The van der Waals surface area contributed by atoms with Gasteiger partial charge in [0, 0.05) is 13.6 Å². The van der Waals surface area contributed by atoms with Gasteiger partial charge in [-0.2, -0.15) is 0 Å². The number of aliphatic carboxylic acids is 1. The second kappa shape index (κ2) is 5.48. The third-order valence-electron chi connectivity index (χ3n) is 2.56. The van der Waals surface area contributed by atoms with Crippen molar-refractivity contribution in [2.45, 2.75) is 6.92 Å². The lowest BCUT2D eigenvalue weighted by Crippen LogP contribution is -2.42. The first kappa shape index (κ1) is 13.9. The summed E-state index contributed by atoms with van der Waals surface area (Å²) in [7, 11) is 1.46. The third kappa shape index (κ3) is 3.19. The van der Waals surface area contributed by atoms with E-state index >= 15 is 0 Å². The van der Waals surface area contributed by atoms with Gasteiger partial charge in [0.25, 0.3) is 5.91 Å². The summed E-state index contributed by atoms with van der Waals surface area (Å²) in [6, 6.07) is -0.526. The van der Waals surface area contributed by atoms with Gasteiger partial charge in [-0.3, -0.25) is 19.3 Å². The Morgan fingerprint density at radius 3 is 2.50 bits per heavy atom. The summed E-state index contributed by atoms with van der Waals surface area (Å²) in [6.07, 6.45) is 0. The highest BCUT2D eigenvalue weighted by atomic mass is 16.4. The van der Waals surface area contributed by atoms with Crippen LogP contribution in [-0.4, -0.2) is 65.4 Å². The van der Waals surface area contributed by atoms with Crippen LogP contribution in [0, 0.1) is 5.92 Å². The molecule has 18 heavy (non-hydrogen) atoms. The number of imide groups is 1. The lowest BCUT2D eigenvalue weighted by molar-refractivity contribution is -0.141. The Morgan fingerprint density at radius 2 is 2.06 bits per heavy atom. The van der Waals surface area contributed by atoms with Gasteiger partial charge in [-0.15, -0.1) is 0 Å². The van der Waals surface area contributed by atoms with Crippen molar-refractivity contribution in [3.63, 3.8) is 0 Å². The van der Waals surface area contributed by atoms with Crippen molar-refractivity contribution in [2.24, 2.45) is 5.92 Å². The molecule has 0 aromatic carbocycles. The predicted molar refractivity (Wildman–Crippen MR) is 59.5 cm³/mol. The fraction of sp³-hybridized carbons (Fsp3) is 0.600. The van der Waals surface area contributed by atoms with Gasteiger partial charge in [-0.1, -0.05) is 6.92 Å². The molecule has 1 heterocycles. The summed E-state index contributed by atoms with van der Waals surface area (Å²) < 4.78 is 0. The smallest absolute Gasteiger partial charge is 0.327 e. The lowest BCUT2D eigenvalue weighted by Gasteiger charge is -2.14. The standard InChI is InChI=1S/C10H15N3O5/c1-6(9(16)17)3-11-7(14)4-13-8(15)5-12(2)10(13)18/h6H,3-5H2,1-2H3,(H,11,14)(H,16,17). The second-order valence-electron chi connectivity index (χ2n) is 4.16. The zero-order valence-corrected chi connectivity index (χ0v) is 10.2. The lowest BCUT2D eigenvalue weighted by atomic mass is 10.2. The van der Waals surface area contributed by atoms with Gasteiger partial charge >= 0.3 is 12.0 Å². The van der Waals surface area contributed by atoms with Gasteiger partial charge in [-0.25, -0.2) is 4.79 Å². The Bertz CT molecular complexity index is 395. The van der Waals surface area contributed by atoms with E-state index in [0.717, 1.165) is 4.90 Å². The van der Waals surface area contributed by atoms with Gasteiger partial charge in [0.15, 0.2) is 0 Å². The maximum atomic E-state index is 11.5. The van der Waals surface area contributed by atoms with E-state index < -0.39 is 29.7 Å². The minimum Gasteiger partial charge on any atom is -0.481 e. The van der Waals surface area contributed by atoms with Crippen molar-refractivity contribution in [3.8, 4) is 0 Å². The molecule has 2 N–H and O–H groups in total.